The van der Waals surface area contributed by atoms with E-state index in [1.165, 1.54) is 5.75 Å². The van der Waals surface area contributed by atoms with Crippen molar-refractivity contribution < 1.29 is 0 Å². The van der Waals surface area contributed by atoms with Crippen molar-refractivity contribution >= 4 is 29.3 Å². The van der Waals surface area contributed by atoms with Crippen LogP contribution in [0.2, 0.25) is 0 Å². The molecule has 0 spiro atoms. The maximum Gasteiger partial charge on any atom is 0.156 e. The molecule has 48 valence electrons. The Bertz CT molecular complexity index is 86.0. The van der Waals surface area contributed by atoms with Gasteiger partial charge in [0.25, 0.3) is 0 Å². The van der Waals surface area contributed by atoms with Crippen LogP contribution in [-0.2, 0) is 0 Å². The fourth-order valence-electron chi connectivity index (χ4n) is 0.500. The van der Waals surface area contributed by atoms with E-state index in [0.717, 1.165) is 11.7 Å². The molecule has 2 nitrogen and oxygen atoms in total. The maximum atomic E-state index is 3.96. The number of rotatable bonds is 0. The van der Waals surface area contributed by atoms with E-state index in [2.05, 4.69) is 10.3 Å². The first kappa shape index (κ1) is 8.11. The second-order valence-electron chi connectivity index (χ2n) is 1.30. The molecule has 8 heavy (non-hydrogen) atoms. The molecule has 4 heteroatoms. The lowest BCUT2D eigenvalue weighted by molar-refractivity contribution is 1.01. The molecule has 0 saturated carbocycles. The van der Waals surface area contributed by atoms with Gasteiger partial charge in [-0.05, 0) is 0 Å². The van der Waals surface area contributed by atoms with Crippen LogP contribution in [0.15, 0.2) is 4.99 Å². The van der Waals surface area contributed by atoms with E-state index in [1.807, 2.05) is 0 Å². The standard InChI is InChI=1S/C4H8N2S.ClH/c1-5-4-6-2-3-7-4;/h2-3H2,1H3,(H,5,6);1H. The van der Waals surface area contributed by atoms with Crippen LogP contribution in [0.3, 0.4) is 0 Å². The summed E-state index contributed by atoms with van der Waals surface area (Å²) in [5.74, 6) is 1.17. The van der Waals surface area contributed by atoms with Gasteiger partial charge in [-0.1, -0.05) is 11.8 Å². The summed E-state index contributed by atoms with van der Waals surface area (Å²) in [7, 11) is 1.81. The zero-order valence-corrected chi connectivity index (χ0v) is 6.31. The third-order valence-corrected chi connectivity index (χ3v) is 1.83. The minimum Gasteiger partial charge on any atom is -0.364 e. The van der Waals surface area contributed by atoms with Crippen LogP contribution < -0.4 is 5.32 Å². The Morgan fingerprint density at radius 1 is 1.75 bits per heavy atom. The van der Waals surface area contributed by atoms with Gasteiger partial charge in [0, 0.05) is 19.3 Å². The quantitative estimate of drug-likeness (QED) is 0.554. The average Bonchev–Trinajstić information content (AvgIpc) is 2.14. The SMILES string of the molecule is CN=C1NCCS1.Cl. The molecule has 1 aliphatic rings. The summed E-state index contributed by atoms with van der Waals surface area (Å²) in [6, 6.07) is 0. The second-order valence-corrected chi connectivity index (χ2v) is 2.39. The van der Waals surface area contributed by atoms with Gasteiger partial charge in [-0.15, -0.1) is 12.4 Å². The van der Waals surface area contributed by atoms with Gasteiger partial charge in [0.05, 0.1) is 0 Å². The number of aliphatic imine (C=N–C) groups is 1. The zero-order valence-electron chi connectivity index (χ0n) is 4.68. The van der Waals surface area contributed by atoms with Crippen molar-refractivity contribution in [3.05, 3.63) is 0 Å². The molecule has 0 aromatic heterocycles. The summed E-state index contributed by atoms with van der Waals surface area (Å²) in [5, 5.41) is 4.20. The molecule has 1 heterocycles. The Morgan fingerprint density at radius 2 is 2.50 bits per heavy atom. The van der Waals surface area contributed by atoms with Gasteiger partial charge in [0.2, 0.25) is 0 Å². The summed E-state index contributed by atoms with van der Waals surface area (Å²) in [4.78, 5) is 3.96. The number of nitrogens with one attached hydrogen (secondary N) is 1. The van der Waals surface area contributed by atoms with Crippen molar-refractivity contribution in [3.63, 3.8) is 0 Å². The molecular weight excluding hydrogens is 144 g/mol. The Hall–Kier alpha value is 0.110. The van der Waals surface area contributed by atoms with Gasteiger partial charge in [0.1, 0.15) is 0 Å². The van der Waals surface area contributed by atoms with Crippen molar-refractivity contribution in [2.75, 3.05) is 19.3 Å². The summed E-state index contributed by atoms with van der Waals surface area (Å²) >= 11 is 1.78. The van der Waals surface area contributed by atoms with Gasteiger partial charge in [-0.25, -0.2) is 0 Å². The van der Waals surface area contributed by atoms with Crippen molar-refractivity contribution in [3.8, 4) is 0 Å². The lowest BCUT2D eigenvalue weighted by Gasteiger charge is -1.88. The van der Waals surface area contributed by atoms with Crippen LogP contribution in [0.1, 0.15) is 0 Å². The molecule has 0 aromatic rings. The number of amidine groups is 1. The van der Waals surface area contributed by atoms with Gasteiger partial charge in [-0.2, -0.15) is 0 Å². The van der Waals surface area contributed by atoms with Crippen LogP contribution >= 0.6 is 24.2 Å². The second kappa shape index (κ2) is 4.04. The highest BCUT2D eigenvalue weighted by molar-refractivity contribution is 8.14. The third-order valence-electron chi connectivity index (χ3n) is 0.820. The maximum absolute atomic E-state index is 3.96. The average molecular weight is 153 g/mol. The fraction of sp³-hybridized carbons (Fsp3) is 0.750. The smallest absolute Gasteiger partial charge is 0.156 e. The molecule has 1 saturated heterocycles. The van der Waals surface area contributed by atoms with E-state index < -0.39 is 0 Å². The number of thioether (sulfide) groups is 1. The van der Waals surface area contributed by atoms with Crippen molar-refractivity contribution in [1.29, 1.82) is 0 Å². The van der Waals surface area contributed by atoms with E-state index in [9.17, 15) is 0 Å². The number of hydrogen-bond acceptors (Lipinski definition) is 2. The van der Waals surface area contributed by atoms with Crippen LogP contribution in [0.4, 0.5) is 0 Å². The van der Waals surface area contributed by atoms with Crippen molar-refractivity contribution in [2.45, 2.75) is 0 Å². The molecule has 1 N–H and O–H groups in total. The molecule has 0 amide bonds. The van der Waals surface area contributed by atoms with Crippen LogP contribution in [0.5, 0.6) is 0 Å². The first-order chi connectivity index (χ1) is 3.43. The first-order valence-corrected chi connectivity index (χ1v) is 3.25. The molecule has 1 rings (SSSR count). The van der Waals surface area contributed by atoms with E-state index in [1.54, 1.807) is 18.8 Å². The third kappa shape index (κ3) is 1.92. The number of halogens is 1. The van der Waals surface area contributed by atoms with Gasteiger partial charge in [0.15, 0.2) is 5.17 Å². The predicted octanol–water partition coefficient (Wildman–Crippen LogP) is 0.730. The minimum absolute atomic E-state index is 0. The lowest BCUT2D eigenvalue weighted by atomic mass is 10.8. The molecule has 0 atom stereocenters. The molecule has 0 bridgehead atoms. The molecule has 1 fully saturated rings. The molecule has 0 radical (unpaired) electrons. The lowest BCUT2D eigenvalue weighted by Crippen LogP contribution is -2.12. The largest absolute Gasteiger partial charge is 0.364 e. The summed E-state index contributed by atoms with van der Waals surface area (Å²) in [6.45, 7) is 1.08. The summed E-state index contributed by atoms with van der Waals surface area (Å²) < 4.78 is 0. The molecule has 0 aromatic carbocycles. The van der Waals surface area contributed by atoms with Crippen LogP contribution in [-0.4, -0.2) is 24.5 Å². The summed E-state index contributed by atoms with van der Waals surface area (Å²) in [5.41, 5.74) is 0. The highest BCUT2D eigenvalue weighted by atomic mass is 35.5. The Kier molecular flexibility index (Phi) is 4.09. The number of nitrogens with zero attached hydrogens (tertiary/aromatic N) is 1. The Labute approximate surface area is 59.5 Å². The van der Waals surface area contributed by atoms with Gasteiger partial charge in [-0.3, -0.25) is 4.99 Å². The van der Waals surface area contributed by atoms with E-state index in [-0.39, 0.29) is 12.4 Å². The van der Waals surface area contributed by atoms with Crippen molar-refractivity contribution in [1.82, 2.24) is 5.32 Å². The van der Waals surface area contributed by atoms with Gasteiger partial charge >= 0.3 is 0 Å². The van der Waals surface area contributed by atoms with E-state index >= 15 is 0 Å². The highest BCUT2D eigenvalue weighted by Crippen LogP contribution is 2.05. The molecular formula is C4H9ClN2S. The molecule has 0 unspecified atom stereocenters. The molecule has 1 aliphatic heterocycles. The van der Waals surface area contributed by atoms with E-state index in [4.69, 9.17) is 0 Å². The number of hydrogen-bond donors (Lipinski definition) is 1. The van der Waals surface area contributed by atoms with Crippen LogP contribution in [0, 0.1) is 0 Å². The summed E-state index contributed by atoms with van der Waals surface area (Å²) in [6.07, 6.45) is 0. The van der Waals surface area contributed by atoms with E-state index in [0.29, 0.717) is 0 Å². The topological polar surface area (TPSA) is 24.4 Å². The predicted molar refractivity (Wildman–Crippen MR) is 41.1 cm³/mol. The molecule has 0 aliphatic carbocycles. The monoisotopic (exact) mass is 152 g/mol. The normalized spacial score (nSPS) is 22.4. The van der Waals surface area contributed by atoms with Gasteiger partial charge < -0.3 is 5.32 Å². The first-order valence-electron chi connectivity index (χ1n) is 2.27. The highest BCUT2D eigenvalue weighted by Gasteiger charge is 2.03. The van der Waals surface area contributed by atoms with Crippen molar-refractivity contribution in [2.24, 2.45) is 4.99 Å². The Balaban J connectivity index is 0.000000490. The minimum atomic E-state index is 0. The fourth-order valence-corrected chi connectivity index (χ4v) is 1.23. The Morgan fingerprint density at radius 3 is 2.75 bits per heavy atom. The zero-order chi connectivity index (χ0) is 5.11. The van der Waals surface area contributed by atoms with Crippen LogP contribution in [0.25, 0.3) is 0 Å².